The highest BCUT2D eigenvalue weighted by Gasteiger charge is 2.66. The number of hydrogen-bond acceptors (Lipinski definition) is 8. The Hall–Kier alpha value is -2.68. The Morgan fingerprint density at radius 2 is 1.26 bits per heavy atom. The number of piperidine rings is 2. The highest BCUT2D eigenvalue weighted by molar-refractivity contribution is 5.85. The molecule has 8 heteroatoms. The lowest BCUT2D eigenvalue weighted by Crippen LogP contribution is -2.62. The van der Waals surface area contributed by atoms with Gasteiger partial charge in [-0.3, -0.25) is 9.59 Å². The summed E-state index contributed by atoms with van der Waals surface area (Å²) in [6, 6.07) is 11.4. The summed E-state index contributed by atoms with van der Waals surface area (Å²) in [5.41, 5.74) is -0.358. The molecule has 6 atom stereocenters. The predicted molar refractivity (Wildman–Crippen MR) is 192 cm³/mol. The minimum Gasteiger partial charge on any atom is -0.508 e. The highest BCUT2D eigenvalue weighted by atomic mass is 16.6. The number of carbonyl (C=O) groups excluding carboxylic acids is 2. The van der Waals surface area contributed by atoms with E-state index in [1.54, 1.807) is 12.1 Å². The van der Waals surface area contributed by atoms with Crippen LogP contribution in [0.3, 0.4) is 0 Å². The van der Waals surface area contributed by atoms with Crippen LogP contribution in [-0.2, 0) is 24.7 Å². The van der Waals surface area contributed by atoms with Gasteiger partial charge in [-0.25, -0.2) is 0 Å². The van der Waals surface area contributed by atoms with Crippen molar-refractivity contribution in [3.8, 4) is 5.75 Å². The fraction of sp³-hybridized carbons (Fsp3) is 0.714. The number of cyclic esters (lactones) is 2. The molecular formula is C42H58N2O6. The molecule has 8 fully saturated rings. The average molecular weight is 687 g/mol. The fourth-order valence-corrected chi connectivity index (χ4v) is 11.9. The fourth-order valence-electron chi connectivity index (χ4n) is 11.9. The van der Waals surface area contributed by atoms with E-state index in [1.165, 1.54) is 44.9 Å². The molecule has 0 aromatic heterocycles. The average Bonchev–Trinajstić information content (AvgIpc) is 3.54. The van der Waals surface area contributed by atoms with Gasteiger partial charge in [-0.05, 0) is 151 Å². The van der Waals surface area contributed by atoms with Gasteiger partial charge in [0.2, 0.25) is 0 Å². The number of fused-ring (bicyclic) bond motifs is 1. The monoisotopic (exact) mass is 686 g/mol. The first-order valence-electron chi connectivity index (χ1n) is 19.8. The molecule has 4 saturated carbocycles. The summed E-state index contributed by atoms with van der Waals surface area (Å²) in [4.78, 5) is 30.1. The Labute approximate surface area is 297 Å². The van der Waals surface area contributed by atoms with Crippen molar-refractivity contribution in [1.29, 1.82) is 0 Å². The molecule has 8 nitrogen and oxygen atoms in total. The van der Waals surface area contributed by atoms with E-state index in [9.17, 15) is 19.8 Å². The van der Waals surface area contributed by atoms with Crippen molar-refractivity contribution in [2.24, 2.45) is 29.1 Å². The number of benzene rings is 2. The molecule has 4 aliphatic heterocycles. The Bertz CT molecular complexity index is 1580. The summed E-state index contributed by atoms with van der Waals surface area (Å²) in [6.45, 7) is 10.4. The number of aromatic hydroxyl groups is 1. The van der Waals surface area contributed by atoms with Crippen molar-refractivity contribution in [3.63, 3.8) is 0 Å². The van der Waals surface area contributed by atoms with Crippen LogP contribution in [0.4, 0.5) is 0 Å². The standard InChI is InChI=1S/C21H33NO3.C21H25NO3/c1-19(12-17(18(23)25-19)13-22-5-3-2-4-6-22)20-8-15-7-16(9-20)11-21(24,10-15)14-20;1-21(18-7-5-16-12-19(23)8-6-15(16)11-18)13-17(20(24)25-21)14-22-9-3-2-4-10-22/h15-17,24H,2-14H2,1H3;5-8,11-12,17,23H,2-4,9-10,13-14H2,1H3. The molecule has 4 aliphatic carbocycles. The molecular weight excluding hydrogens is 628 g/mol. The first-order chi connectivity index (χ1) is 23.9. The number of likely N-dealkylation sites (tertiary alicyclic amines) is 2. The third kappa shape index (κ3) is 6.58. The van der Waals surface area contributed by atoms with E-state index < -0.39 is 11.2 Å². The maximum Gasteiger partial charge on any atom is 0.311 e. The van der Waals surface area contributed by atoms with E-state index in [0.29, 0.717) is 11.8 Å². The summed E-state index contributed by atoms with van der Waals surface area (Å²) < 4.78 is 12.0. The number of carbonyl (C=O) groups is 2. The molecule has 2 aromatic rings. The molecule has 272 valence electrons. The number of hydrogen-bond donors (Lipinski definition) is 2. The second kappa shape index (κ2) is 13.1. The van der Waals surface area contributed by atoms with E-state index in [-0.39, 0.29) is 40.5 Å². The highest BCUT2D eigenvalue weighted by Crippen LogP contribution is 2.67. The molecule has 4 bridgehead atoms. The van der Waals surface area contributed by atoms with Gasteiger partial charge in [0, 0.05) is 31.3 Å². The van der Waals surface area contributed by atoms with Crippen molar-refractivity contribution in [2.75, 3.05) is 39.3 Å². The van der Waals surface area contributed by atoms with Gasteiger partial charge in [-0.1, -0.05) is 31.0 Å². The molecule has 2 aromatic carbocycles. The van der Waals surface area contributed by atoms with Crippen molar-refractivity contribution in [1.82, 2.24) is 9.80 Å². The molecule has 10 rings (SSSR count). The summed E-state index contributed by atoms with van der Waals surface area (Å²) in [5.74, 6) is 1.49. The van der Waals surface area contributed by atoms with Gasteiger partial charge in [-0.2, -0.15) is 0 Å². The van der Waals surface area contributed by atoms with Gasteiger partial charge < -0.3 is 29.5 Å². The molecule has 0 radical (unpaired) electrons. The van der Waals surface area contributed by atoms with Crippen LogP contribution >= 0.6 is 0 Å². The molecule has 4 saturated heterocycles. The van der Waals surface area contributed by atoms with Crippen molar-refractivity contribution in [2.45, 2.75) is 121 Å². The zero-order chi connectivity index (χ0) is 34.7. The molecule has 8 aliphatic rings. The summed E-state index contributed by atoms with van der Waals surface area (Å²) >= 11 is 0. The first kappa shape index (κ1) is 34.4. The molecule has 50 heavy (non-hydrogen) atoms. The number of esters is 2. The number of nitrogens with zero attached hydrogens (tertiary/aromatic N) is 2. The third-order valence-electron chi connectivity index (χ3n) is 14.0. The Morgan fingerprint density at radius 3 is 1.88 bits per heavy atom. The number of aliphatic hydroxyl groups is 1. The Morgan fingerprint density at radius 1 is 0.700 bits per heavy atom. The van der Waals surface area contributed by atoms with Crippen LogP contribution in [0.1, 0.15) is 109 Å². The van der Waals surface area contributed by atoms with Crippen LogP contribution in [0.5, 0.6) is 5.75 Å². The minimum absolute atomic E-state index is 0.0239. The molecule has 2 N–H and O–H groups in total. The maximum absolute atomic E-state index is 12.7. The number of phenols is 1. The number of rotatable bonds is 6. The smallest absolute Gasteiger partial charge is 0.311 e. The van der Waals surface area contributed by atoms with E-state index in [2.05, 4.69) is 22.8 Å². The van der Waals surface area contributed by atoms with E-state index in [4.69, 9.17) is 9.47 Å². The maximum atomic E-state index is 12.7. The van der Waals surface area contributed by atoms with Gasteiger partial charge in [0.1, 0.15) is 17.0 Å². The topological polar surface area (TPSA) is 99.5 Å². The van der Waals surface area contributed by atoms with Gasteiger partial charge in [0.25, 0.3) is 0 Å². The van der Waals surface area contributed by atoms with Crippen LogP contribution in [0.2, 0.25) is 0 Å². The van der Waals surface area contributed by atoms with Gasteiger partial charge in [0.15, 0.2) is 0 Å². The Kier molecular flexibility index (Phi) is 8.99. The van der Waals surface area contributed by atoms with E-state index in [1.807, 2.05) is 25.1 Å². The van der Waals surface area contributed by atoms with Gasteiger partial charge >= 0.3 is 11.9 Å². The van der Waals surface area contributed by atoms with Crippen LogP contribution in [0.15, 0.2) is 36.4 Å². The van der Waals surface area contributed by atoms with Crippen LogP contribution in [0, 0.1) is 29.1 Å². The van der Waals surface area contributed by atoms with Crippen LogP contribution in [-0.4, -0.2) is 82.4 Å². The SMILES string of the molecule is CC1(C23CC4CC(CC(O)(C4)C2)C3)CC(CN2CCCCC2)C(=O)O1.CC1(c2ccc3cc(O)ccc3c2)CC(CN2CCCCC2)C(=O)O1. The van der Waals surface area contributed by atoms with Crippen LogP contribution in [0.25, 0.3) is 10.8 Å². The van der Waals surface area contributed by atoms with Crippen molar-refractivity contribution < 1.29 is 29.3 Å². The number of phenolic OH excluding ortho intramolecular Hbond substituents is 1. The zero-order valence-corrected chi connectivity index (χ0v) is 30.3. The summed E-state index contributed by atoms with van der Waals surface area (Å²) in [6.07, 6.45) is 15.6. The minimum atomic E-state index is -0.566. The van der Waals surface area contributed by atoms with E-state index >= 15 is 0 Å². The lowest BCUT2D eigenvalue weighted by Gasteiger charge is -2.64. The van der Waals surface area contributed by atoms with Crippen molar-refractivity contribution in [3.05, 3.63) is 42.0 Å². The lowest BCUT2D eigenvalue weighted by molar-refractivity contribution is -0.226. The molecule has 6 unspecified atom stereocenters. The quantitative estimate of drug-likeness (QED) is 0.316. The Balaban J connectivity index is 0.000000144. The van der Waals surface area contributed by atoms with Gasteiger partial charge in [-0.15, -0.1) is 0 Å². The molecule has 0 amide bonds. The first-order valence-corrected chi connectivity index (χ1v) is 19.8. The van der Waals surface area contributed by atoms with Gasteiger partial charge in [0.05, 0.1) is 17.4 Å². The lowest BCUT2D eigenvalue weighted by atomic mass is 9.44. The summed E-state index contributed by atoms with van der Waals surface area (Å²) in [7, 11) is 0. The second-order valence-electron chi connectivity index (χ2n) is 18.0. The number of ether oxygens (including phenoxy) is 2. The molecule has 4 heterocycles. The zero-order valence-electron chi connectivity index (χ0n) is 30.3. The summed E-state index contributed by atoms with van der Waals surface area (Å²) in [5, 5.41) is 22.7. The third-order valence-corrected chi connectivity index (χ3v) is 14.0. The van der Waals surface area contributed by atoms with Crippen LogP contribution < -0.4 is 0 Å². The second-order valence-corrected chi connectivity index (χ2v) is 18.0. The van der Waals surface area contributed by atoms with E-state index in [0.717, 1.165) is 101 Å². The predicted octanol–water partition coefficient (Wildman–Crippen LogP) is 6.94. The van der Waals surface area contributed by atoms with Crippen molar-refractivity contribution >= 4 is 22.7 Å². The molecule has 0 spiro atoms. The largest absolute Gasteiger partial charge is 0.508 e. The normalized spacial score (nSPS) is 40.1.